The van der Waals surface area contributed by atoms with Gasteiger partial charge in [-0.2, -0.15) is 0 Å². The van der Waals surface area contributed by atoms with Crippen LogP contribution in [0.1, 0.15) is 34.6 Å². The average Bonchev–Trinajstić information content (AvgIpc) is 3.03. The third-order valence-electron chi connectivity index (χ3n) is 4.87. The van der Waals surface area contributed by atoms with Gasteiger partial charge in [-0.25, -0.2) is 15.0 Å². The molecule has 2 saturated heterocycles. The fourth-order valence-electron chi connectivity index (χ4n) is 3.58. The van der Waals surface area contributed by atoms with Gasteiger partial charge in [0.05, 0.1) is 5.69 Å². The molecule has 1 unspecified atom stereocenters. The molecule has 2 aromatic rings. The van der Waals surface area contributed by atoms with Gasteiger partial charge in [-0.1, -0.05) is 6.42 Å². The van der Waals surface area contributed by atoms with Crippen molar-refractivity contribution in [1.82, 2.24) is 24.8 Å². The molecule has 2 aliphatic rings. The topological polar surface area (TPSA) is 62.2 Å². The molecule has 2 aliphatic heterocycles. The smallest absolute Gasteiger partial charge is 0.265 e. The highest BCUT2D eigenvalue weighted by atomic mass is 32.1. The lowest BCUT2D eigenvalue weighted by Gasteiger charge is -2.43. The van der Waals surface area contributed by atoms with Crippen molar-refractivity contribution in [3.63, 3.8) is 0 Å². The number of amides is 1. The van der Waals surface area contributed by atoms with Crippen molar-refractivity contribution in [2.24, 2.45) is 0 Å². The first-order valence-corrected chi connectivity index (χ1v) is 9.32. The van der Waals surface area contributed by atoms with Crippen LogP contribution in [-0.4, -0.2) is 62.9 Å². The molecule has 6 nitrogen and oxygen atoms in total. The van der Waals surface area contributed by atoms with Crippen molar-refractivity contribution in [3.05, 3.63) is 29.0 Å². The van der Waals surface area contributed by atoms with Crippen LogP contribution >= 0.6 is 11.3 Å². The minimum atomic E-state index is 0.109. The van der Waals surface area contributed by atoms with E-state index in [9.17, 15) is 4.79 Å². The first-order valence-electron chi connectivity index (χ1n) is 8.50. The van der Waals surface area contributed by atoms with Crippen LogP contribution in [0.2, 0.25) is 0 Å². The summed E-state index contributed by atoms with van der Waals surface area (Å²) in [6.45, 7) is 5.72. The van der Waals surface area contributed by atoms with Crippen LogP contribution in [0.3, 0.4) is 0 Å². The molecule has 24 heavy (non-hydrogen) atoms. The third kappa shape index (κ3) is 2.93. The highest BCUT2D eigenvalue weighted by molar-refractivity contribution is 7.17. The Morgan fingerprint density at radius 1 is 1.21 bits per heavy atom. The van der Waals surface area contributed by atoms with Gasteiger partial charge in [-0.3, -0.25) is 9.69 Å². The van der Waals surface area contributed by atoms with Gasteiger partial charge in [0.15, 0.2) is 10.8 Å². The fourth-order valence-corrected chi connectivity index (χ4v) is 4.57. The molecule has 0 radical (unpaired) electrons. The lowest BCUT2D eigenvalue weighted by Crippen LogP contribution is -2.56. The molecular formula is C17H21N5OS. The van der Waals surface area contributed by atoms with E-state index in [1.807, 2.05) is 11.8 Å². The number of piperazine rings is 1. The van der Waals surface area contributed by atoms with E-state index < -0.39 is 0 Å². The maximum atomic E-state index is 13.0. The second-order valence-electron chi connectivity index (χ2n) is 6.44. The second-order valence-corrected chi connectivity index (χ2v) is 7.44. The minimum absolute atomic E-state index is 0.109. The molecule has 0 aromatic carbocycles. The van der Waals surface area contributed by atoms with Crippen LogP contribution in [0.15, 0.2) is 18.5 Å². The molecule has 7 heteroatoms. The van der Waals surface area contributed by atoms with Crippen molar-refractivity contribution in [2.75, 3.05) is 26.2 Å². The van der Waals surface area contributed by atoms with Gasteiger partial charge < -0.3 is 4.90 Å². The van der Waals surface area contributed by atoms with Crippen LogP contribution in [0.25, 0.3) is 10.8 Å². The molecule has 0 saturated carbocycles. The largest absolute Gasteiger partial charge is 0.335 e. The standard InChI is InChI=1S/C17H21N5OS/c1-12-14(24-16(20-12)15-18-6-4-7-19-15)17(23)22-10-9-21-8-3-2-5-13(21)11-22/h4,6-7,13H,2-3,5,8-11H2,1H3. The van der Waals surface area contributed by atoms with E-state index in [1.165, 1.54) is 37.1 Å². The van der Waals surface area contributed by atoms with Gasteiger partial charge in [-0.15, -0.1) is 11.3 Å². The minimum Gasteiger partial charge on any atom is -0.335 e. The predicted molar refractivity (Wildman–Crippen MR) is 93.0 cm³/mol. The normalized spacial score (nSPS) is 21.5. The molecule has 1 atom stereocenters. The van der Waals surface area contributed by atoms with Crippen LogP contribution in [0.5, 0.6) is 0 Å². The maximum Gasteiger partial charge on any atom is 0.265 e. The van der Waals surface area contributed by atoms with E-state index in [4.69, 9.17) is 0 Å². The van der Waals surface area contributed by atoms with E-state index in [1.54, 1.807) is 18.5 Å². The number of piperidine rings is 1. The number of thiazole rings is 1. The number of aryl methyl sites for hydroxylation is 1. The summed E-state index contributed by atoms with van der Waals surface area (Å²) < 4.78 is 0. The molecule has 126 valence electrons. The zero-order chi connectivity index (χ0) is 16.5. The zero-order valence-electron chi connectivity index (χ0n) is 13.8. The highest BCUT2D eigenvalue weighted by Gasteiger charge is 2.32. The summed E-state index contributed by atoms with van der Waals surface area (Å²) in [6, 6.07) is 2.31. The van der Waals surface area contributed by atoms with Gasteiger partial charge in [-0.05, 0) is 32.4 Å². The first-order chi connectivity index (χ1) is 11.7. The number of fused-ring (bicyclic) bond motifs is 1. The van der Waals surface area contributed by atoms with E-state index >= 15 is 0 Å². The molecular weight excluding hydrogens is 322 g/mol. The zero-order valence-corrected chi connectivity index (χ0v) is 14.6. The number of carbonyl (C=O) groups excluding carboxylic acids is 1. The summed E-state index contributed by atoms with van der Waals surface area (Å²) in [5.74, 6) is 0.694. The SMILES string of the molecule is Cc1nc(-c2ncccn2)sc1C(=O)N1CCN2CCCCC2C1. The van der Waals surface area contributed by atoms with Crippen LogP contribution in [0.4, 0.5) is 0 Å². The number of hydrogen-bond acceptors (Lipinski definition) is 6. The van der Waals surface area contributed by atoms with E-state index in [0.29, 0.717) is 16.9 Å². The van der Waals surface area contributed by atoms with E-state index in [-0.39, 0.29) is 5.91 Å². The van der Waals surface area contributed by atoms with Gasteiger partial charge in [0.25, 0.3) is 5.91 Å². The summed E-state index contributed by atoms with van der Waals surface area (Å²) in [6.07, 6.45) is 7.16. The Morgan fingerprint density at radius 2 is 2.04 bits per heavy atom. The third-order valence-corrected chi connectivity index (χ3v) is 6.01. The number of nitrogens with zero attached hydrogens (tertiary/aromatic N) is 5. The Balaban J connectivity index is 1.53. The quantitative estimate of drug-likeness (QED) is 0.837. The Labute approximate surface area is 145 Å². The number of hydrogen-bond donors (Lipinski definition) is 0. The summed E-state index contributed by atoms with van der Waals surface area (Å²) in [5.41, 5.74) is 0.776. The summed E-state index contributed by atoms with van der Waals surface area (Å²) >= 11 is 1.40. The van der Waals surface area contributed by atoms with Crippen molar-refractivity contribution in [1.29, 1.82) is 0 Å². The first kappa shape index (κ1) is 15.7. The molecule has 4 rings (SSSR count). The second kappa shape index (κ2) is 6.57. The van der Waals surface area contributed by atoms with Crippen LogP contribution < -0.4 is 0 Å². The molecule has 2 aromatic heterocycles. The fraction of sp³-hybridized carbons (Fsp3) is 0.529. The van der Waals surface area contributed by atoms with Gasteiger partial charge in [0.1, 0.15) is 4.88 Å². The summed E-state index contributed by atoms with van der Waals surface area (Å²) in [4.78, 5) is 31.2. The van der Waals surface area contributed by atoms with Crippen molar-refractivity contribution < 1.29 is 4.79 Å². The lowest BCUT2D eigenvalue weighted by atomic mass is 9.99. The van der Waals surface area contributed by atoms with Gasteiger partial charge in [0.2, 0.25) is 0 Å². The number of rotatable bonds is 2. The Bertz CT molecular complexity index is 732. The molecule has 0 aliphatic carbocycles. The lowest BCUT2D eigenvalue weighted by molar-refractivity contribution is 0.0375. The average molecular weight is 343 g/mol. The van der Waals surface area contributed by atoms with Crippen molar-refractivity contribution in [2.45, 2.75) is 32.2 Å². The summed E-state index contributed by atoms with van der Waals surface area (Å²) in [7, 11) is 0. The molecule has 1 amide bonds. The predicted octanol–water partition coefficient (Wildman–Crippen LogP) is 2.22. The molecule has 0 N–H and O–H groups in total. The van der Waals surface area contributed by atoms with E-state index in [0.717, 1.165) is 30.2 Å². The van der Waals surface area contributed by atoms with Gasteiger partial charge in [0, 0.05) is 38.1 Å². The van der Waals surface area contributed by atoms with Crippen molar-refractivity contribution in [3.8, 4) is 10.8 Å². The highest BCUT2D eigenvalue weighted by Crippen LogP contribution is 2.28. The Hall–Kier alpha value is -1.86. The molecule has 2 fully saturated rings. The molecule has 0 bridgehead atoms. The monoisotopic (exact) mass is 343 g/mol. The molecule has 4 heterocycles. The Morgan fingerprint density at radius 3 is 2.88 bits per heavy atom. The van der Waals surface area contributed by atoms with E-state index in [2.05, 4.69) is 19.9 Å². The van der Waals surface area contributed by atoms with Gasteiger partial charge >= 0.3 is 0 Å². The maximum absolute atomic E-state index is 13.0. The number of aromatic nitrogens is 3. The summed E-state index contributed by atoms with van der Waals surface area (Å²) in [5, 5.41) is 0.716. The number of carbonyl (C=O) groups is 1. The van der Waals surface area contributed by atoms with Crippen LogP contribution in [-0.2, 0) is 0 Å². The molecule has 0 spiro atoms. The van der Waals surface area contributed by atoms with Crippen LogP contribution in [0, 0.1) is 6.92 Å². The van der Waals surface area contributed by atoms with Crippen molar-refractivity contribution >= 4 is 17.2 Å². The Kier molecular flexibility index (Phi) is 4.28.